The molecule has 5 heteroatoms. The van der Waals surface area contributed by atoms with Crippen LogP contribution in [-0.2, 0) is 18.9 Å². The highest BCUT2D eigenvalue weighted by Gasteiger charge is 2.65. The molecule has 0 saturated carbocycles. The number of methoxy groups -OCH3 is 1. The van der Waals surface area contributed by atoms with Gasteiger partial charge in [0, 0.05) is 13.1 Å². The summed E-state index contributed by atoms with van der Waals surface area (Å²) in [5.74, 6) is 0. The van der Waals surface area contributed by atoms with Gasteiger partial charge in [-0.25, -0.2) is 0 Å². The fourth-order valence-corrected chi connectivity index (χ4v) is 2.42. The molecule has 2 heterocycles. The Kier molecular flexibility index (Phi) is 2.79. The second-order valence-electron chi connectivity index (χ2n) is 3.94. The van der Waals surface area contributed by atoms with E-state index in [0.29, 0.717) is 6.61 Å². The molecule has 0 aromatic carbocycles. The molecule has 0 amide bonds. The fraction of sp³-hybridized carbons (Fsp3) is 0.800. The number of hydrogen-bond acceptors (Lipinski definition) is 4. The van der Waals surface area contributed by atoms with Crippen LogP contribution >= 0.6 is 0 Å². The van der Waals surface area contributed by atoms with Gasteiger partial charge in [0.15, 0.2) is 11.7 Å². The van der Waals surface area contributed by atoms with Gasteiger partial charge in [0.25, 0.3) is 0 Å². The van der Waals surface area contributed by atoms with Crippen LogP contribution in [0.25, 0.3) is 0 Å². The Bertz CT molecular complexity index is 260. The summed E-state index contributed by atoms with van der Waals surface area (Å²) >= 11 is 0. The van der Waals surface area contributed by atoms with Crippen LogP contribution in [0.1, 0.15) is 6.92 Å². The first-order valence-corrected chi connectivity index (χ1v) is 5.00. The van der Waals surface area contributed by atoms with Crippen LogP contribution in [0.15, 0.2) is 12.8 Å². The van der Waals surface area contributed by atoms with Crippen molar-refractivity contribution in [3.05, 3.63) is 12.8 Å². The Hall–Kier alpha value is -0.515. The van der Waals surface area contributed by atoms with E-state index in [4.69, 9.17) is 26.8 Å². The van der Waals surface area contributed by atoms with E-state index >= 15 is 0 Å². The Morgan fingerprint density at radius 1 is 1.60 bits per heavy atom. The average Bonchev–Trinajstić information content (AvgIpc) is 2.57. The second-order valence-corrected chi connectivity index (χ2v) is 3.94. The van der Waals surface area contributed by atoms with Gasteiger partial charge >= 0.3 is 0 Å². The van der Waals surface area contributed by atoms with Gasteiger partial charge in [0.1, 0.15) is 14.0 Å². The molecule has 2 saturated heterocycles. The first kappa shape index (κ1) is 11.0. The number of rotatable bonds is 4. The lowest BCUT2D eigenvalue weighted by molar-refractivity contribution is -0.177. The van der Waals surface area contributed by atoms with Crippen LogP contribution in [0.3, 0.4) is 0 Å². The van der Waals surface area contributed by atoms with Crippen molar-refractivity contribution in [1.82, 2.24) is 0 Å². The first-order chi connectivity index (χ1) is 7.15. The van der Waals surface area contributed by atoms with Crippen LogP contribution in [0, 0.1) is 0 Å². The highest BCUT2D eigenvalue weighted by Crippen LogP contribution is 2.45. The lowest BCUT2D eigenvalue weighted by atomic mass is 9.90. The van der Waals surface area contributed by atoms with Gasteiger partial charge in [-0.1, -0.05) is 6.58 Å². The predicted molar refractivity (Wildman–Crippen MR) is 54.6 cm³/mol. The number of hydrogen-bond donors (Lipinski definition) is 0. The van der Waals surface area contributed by atoms with Crippen molar-refractivity contribution < 1.29 is 18.9 Å². The van der Waals surface area contributed by atoms with Gasteiger partial charge < -0.3 is 18.9 Å². The van der Waals surface area contributed by atoms with E-state index in [9.17, 15) is 0 Å². The van der Waals surface area contributed by atoms with Gasteiger partial charge in [0.05, 0.1) is 19.0 Å². The van der Waals surface area contributed by atoms with Crippen LogP contribution in [0.5, 0.6) is 0 Å². The third-order valence-corrected chi connectivity index (χ3v) is 3.12. The molecule has 5 unspecified atom stereocenters. The smallest absolute Gasteiger partial charge is 0.159 e. The van der Waals surface area contributed by atoms with Crippen molar-refractivity contribution >= 4 is 7.85 Å². The van der Waals surface area contributed by atoms with Gasteiger partial charge in [-0.05, 0) is 6.92 Å². The summed E-state index contributed by atoms with van der Waals surface area (Å²) < 4.78 is 22.0. The third-order valence-electron chi connectivity index (χ3n) is 3.12. The second kappa shape index (κ2) is 3.81. The summed E-state index contributed by atoms with van der Waals surface area (Å²) in [7, 11) is 7.42. The van der Waals surface area contributed by atoms with E-state index in [2.05, 4.69) is 6.58 Å². The molecule has 4 nitrogen and oxygen atoms in total. The van der Waals surface area contributed by atoms with Crippen molar-refractivity contribution in [2.75, 3.05) is 13.7 Å². The minimum absolute atomic E-state index is 0.0906. The normalized spacial score (nSPS) is 48.1. The standard InChI is InChI=1S/C10H15BO4/c1-4-13-8-7-9(11)15-10(8,5-12-3)6(2)14-7/h4,6-9H,1,5H2,2-3H3. The topological polar surface area (TPSA) is 36.9 Å². The molecule has 82 valence electrons. The highest BCUT2D eigenvalue weighted by atomic mass is 16.7. The van der Waals surface area contributed by atoms with Crippen molar-refractivity contribution in [1.29, 1.82) is 0 Å². The molecule has 2 aliphatic heterocycles. The molecule has 2 rings (SSSR count). The molecule has 5 atom stereocenters. The van der Waals surface area contributed by atoms with E-state index in [1.54, 1.807) is 7.11 Å². The summed E-state index contributed by atoms with van der Waals surface area (Å²) in [5.41, 5.74) is -0.604. The quantitative estimate of drug-likeness (QED) is 0.491. The first-order valence-electron chi connectivity index (χ1n) is 5.00. The molecule has 2 bridgehead atoms. The van der Waals surface area contributed by atoms with E-state index in [0.717, 1.165) is 0 Å². The van der Waals surface area contributed by atoms with E-state index in [1.807, 2.05) is 6.92 Å². The Labute approximate surface area is 90.9 Å². The Balaban J connectivity index is 2.25. The van der Waals surface area contributed by atoms with Crippen molar-refractivity contribution in [3.8, 4) is 0 Å². The molecule has 0 spiro atoms. The molecule has 0 aliphatic carbocycles. The Morgan fingerprint density at radius 3 is 2.93 bits per heavy atom. The maximum atomic E-state index is 5.80. The summed E-state index contributed by atoms with van der Waals surface area (Å²) in [6.07, 6.45) is 0.825. The molecule has 2 aliphatic rings. The maximum Gasteiger partial charge on any atom is 0.159 e. The van der Waals surface area contributed by atoms with Crippen LogP contribution in [-0.4, -0.2) is 51.5 Å². The van der Waals surface area contributed by atoms with Crippen LogP contribution < -0.4 is 0 Å². The van der Waals surface area contributed by atoms with Gasteiger partial charge in [0.2, 0.25) is 0 Å². The van der Waals surface area contributed by atoms with E-state index in [-0.39, 0.29) is 18.3 Å². The summed E-state index contributed by atoms with van der Waals surface area (Å²) in [6.45, 7) is 5.88. The number of fused-ring (bicyclic) bond motifs is 2. The molecule has 0 N–H and O–H groups in total. The lowest BCUT2D eigenvalue weighted by Gasteiger charge is -2.34. The zero-order chi connectivity index (χ0) is 11.1. The fourth-order valence-electron chi connectivity index (χ4n) is 2.42. The monoisotopic (exact) mass is 210 g/mol. The van der Waals surface area contributed by atoms with Crippen molar-refractivity contribution in [2.45, 2.75) is 36.8 Å². The zero-order valence-corrected chi connectivity index (χ0v) is 9.01. The molecule has 15 heavy (non-hydrogen) atoms. The minimum Gasteiger partial charge on any atom is -0.493 e. The van der Waals surface area contributed by atoms with Crippen molar-refractivity contribution in [3.63, 3.8) is 0 Å². The number of ether oxygens (including phenoxy) is 4. The van der Waals surface area contributed by atoms with Gasteiger partial charge in [-0.15, -0.1) is 0 Å². The highest BCUT2D eigenvalue weighted by molar-refractivity contribution is 6.11. The van der Waals surface area contributed by atoms with E-state index in [1.165, 1.54) is 6.26 Å². The molecule has 2 radical (unpaired) electrons. The van der Waals surface area contributed by atoms with Crippen LogP contribution in [0.4, 0.5) is 0 Å². The largest absolute Gasteiger partial charge is 0.493 e. The Morgan fingerprint density at radius 2 is 2.33 bits per heavy atom. The molecular formula is C10H15BO4. The molecule has 2 fully saturated rings. The molecule has 0 aromatic rings. The van der Waals surface area contributed by atoms with Gasteiger partial charge in [-0.3, -0.25) is 0 Å². The zero-order valence-electron chi connectivity index (χ0n) is 9.01. The summed E-state index contributed by atoms with van der Waals surface area (Å²) in [4.78, 5) is 0. The third kappa shape index (κ3) is 1.41. The van der Waals surface area contributed by atoms with E-state index < -0.39 is 11.6 Å². The van der Waals surface area contributed by atoms with Gasteiger partial charge in [-0.2, -0.15) is 0 Å². The predicted octanol–water partition coefficient (Wildman–Crippen LogP) is 0.212. The lowest BCUT2D eigenvalue weighted by Crippen LogP contribution is -2.50. The molecule has 0 aromatic heterocycles. The van der Waals surface area contributed by atoms with Crippen LogP contribution in [0.2, 0.25) is 0 Å². The molecular weight excluding hydrogens is 195 g/mol. The SMILES string of the molecule is [B]C1OC2(COC)C(C)OC1C2OC=C. The summed E-state index contributed by atoms with van der Waals surface area (Å²) in [6, 6.07) is -0.457. The maximum absolute atomic E-state index is 5.80. The van der Waals surface area contributed by atoms with Crippen molar-refractivity contribution in [2.24, 2.45) is 0 Å². The average molecular weight is 210 g/mol. The minimum atomic E-state index is -0.604. The summed E-state index contributed by atoms with van der Waals surface area (Å²) in [5, 5.41) is 0.